The highest BCUT2D eigenvalue weighted by Gasteiger charge is 2.47. The Bertz CT molecular complexity index is 729. The van der Waals surface area contributed by atoms with Crippen LogP contribution in [-0.2, 0) is 20.9 Å². The van der Waals surface area contributed by atoms with E-state index in [1.165, 1.54) is 0 Å². The van der Waals surface area contributed by atoms with E-state index in [1.54, 1.807) is 42.5 Å². The largest absolute Gasteiger partial charge is 0.444 e. The molecule has 0 radical (unpaired) electrons. The van der Waals surface area contributed by atoms with Gasteiger partial charge in [0, 0.05) is 0 Å². The van der Waals surface area contributed by atoms with Crippen LogP contribution in [0.4, 0.5) is 9.59 Å². The van der Waals surface area contributed by atoms with E-state index in [4.69, 9.17) is 4.74 Å². The first-order valence-electron chi connectivity index (χ1n) is 6.97. The zero-order chi connectivity index (χ0) is 16.2. The van der Waals surface area contributed by atoms with E-state index >= 15 is 0 Å². The maximum absolute atomic E-state index is 12.2. The molecule has 3 rings (SSSR count). The maximum Gasteiger partial charge on any atom is 0.428 e. The molecule has 2 aromatic rings. The molecule has 0 saturated carbocycles. The summed E-state index contributed by atoms with van der Waals surface area (Å²) in [5, 5.41) is 0. The molecule has 1 fully saturated rings. The minimum absolute atomic E-state index is 0.000840. The van der Waals surface area contributed by atoms with E-state index in [-0.39, 0.29) is 6.61 Å². The van der Waals surface area contributed by atoms with Crippen molar-refractivity contribution in [1.82, 2.24) is 4.90 Å². The molecule has 6 nitrogen and oxygen atoms in total. The highest BCUT2D eigenvalue weighted by molar-refractivity contribution is 6.04. The Kier molecular flexibility index (Phi) is 4.05. The quantitative estimate of drug-likeness (QED) is 0.643. The lowest BCUT2D eigenvalue weighted by molar-refractivity contribution is -0.136. The predicted octanol–water partition coefficient (Wildman–Crippen LogP) is 3.04. The van der Waals surface area contributed by atoms with E-state index in [1.807, 2.05) is 18.2 Å². The highest BCUT2D eigenvalue weighted by atomic mass is 16.6. The molecule has 1 heterocycles. The molecule has 1 unspecified atom stereocenters. The van der Waals surface area contributed by atoms with Crippen molar-refractivity contribution in [1.29, 1.82) is 0 Å². The average molecular weight is 311 g/mol. The van der Waals surface area contributed by atoms with E-state index < -0.39 is 24.2 Å². The number of amides is 2. The second-order valence-corrected chi connectivity index (χ2v) is 4.91. The Morgan fingerprint density at radius 3 is 2.26 bits per heavy atom. The van der Waals surface area contributed by atoms with Crippen molar-refractivity contribution in [3.05, 3.63) is 71.8 Å². The molecule has 1 saturated heterocycles. The van der Waals surface area contributed by atoms with Gasteiger partial charge in [0.15, 0.2) is 6.04 Å². The fourth-order valence-corrected chi connectivity index (χ4v) is 2.29. The van der Waals surface area contributed by atoms with Crippen LogP contribution in [-0.4, -0.2) is 23.1 Å². The Morgan fingerprint density at radius 2 is 1.61 bits per heavy atom. The van der Waals surface area contributed by atoms with Gasteiger partial charge in [-0.25, -0.2) is 14.4 Å². The van der Waals surface area contributed by atoms with Crippen molar-refractivity contribution in [3.8, 4) is 0 Å². The third-order valence-corrected chi connectivity index (χ3v) is 3.38. The van der Waals surface area contributed by atoms with E-state index in [0.717, 1.165) is 5.56 Å². The number of cyclic esters (lactones) is 2. The lowest BCUT2D eigenvalue weighted by atomic mass is 10.1. The molecule has 0 bridgehead atoms. The third-order valence-electron chi connectivity index (χ3n) is 3.38. The standard InChI is InChI=1S/C17H13NO5/c19-15-14(13-9-5-2-6-10-13)18(17(21)23-15)16(20)22-11-12-7-3-1-4-8-12/h1-10,14H,11H2. The molecule has 6 heteroatoms. The van der Waals surface area contributed by atoms with Crippen molar-refractivity contribution < 1.29 is 23.9 Å². The Morgan fingerprint density at radius 1 is 1.00 bits per heavy atom. The second-order valence-electron chi connectivity index (χ2n) is 4.91. The molecule has 23 heavy (non-hydrogen) atoms. The fourth-order valence-electron chi connectivity index (χ4n) is 2.29. The molecular weight excluding hydrogens is 298 g/mol. The Balaban J connectivity index is 1.77. The van der Waals surface area contributed by atoms with Crippen LogP contribution >= 0.6 is 0 Å². The number of nitrogens with zero attached hydrogens (tertiary/aromatic N) is 1. The highest BCUT2D eigenvalue weighted by Crippen LogP contribution is 2.29. The van der Waals surface area contributed by atoms with Gasteiger partial charge in [-0.1, -0.05) is 60.7 Å². The van der Waals surface area contributed by atoms with Gasteiger partial charge in [-0.2, -0.15) is 4.90 Å². The van der Waals surface area contributed by atoms with Crippen molar-refractivity contribution in [2.75, 3.05) is 0 Å². The van der Waals surface area contributed by atoms with Gasteiger partial charge in [0.2, 0.25) is 0 Å². The fraction of sp³-hybridized carbons (Fsp3) is 0.118. The van der Waals surface area contributed by atoms with Gasteiger partial charge in [0.25, 0.3) is 0 Å². The molecule has 2 amide bonds. The minimum atomic E-state index is -1.12. The molecule has 0 spiro atoms. The molecule has 0 N–H and O–H groups in total. The average Bonchev–Trinajstić information content (AvgIpc) is 2.88. The number of hydrogen-bond donors (Lipinski definition) is 0. The smallest absolute Gasteiger partial charge is 0.428 e. The van der Waals surface area contributed by atoms with Crippen LogP contribution in [0.25, 0.3) is 0 Å². The van der Waals surface area contributed by atoms with E-state index in [2.05, 4.69) is 4.74 Å². The summed E-state index contributed by atoms with van der Waals surface area (Å²) in [7, 11) is 0. The first-order chi connectivity index (χ1) is 11.2. The van der Waals surface area contributed by atoms with Crippen LogP contribution in [0.15, 0.2) is 60.7 Å². The number of imide groups is 1. The Hall–Kier alpha value is -3.15. The summed E-state index contributed by atoms with van der Waals surface area (Å²) in [6.45, 7) is -0.000840. The van der Waals surface area contributed by atoms with Crippen molar-refractivity contribution >= 4 is 18.2 Å². The molecular formula is C17H13NO5. The van der Waals surface area contributed by atoms with E-state index in [0.29, 0.717) is 10.5 Å². The second kappa shape index (κ2) is 6.31. The normalized spacial score (nSPS) is 17.0. The topological polar surface area (TPSA) is 72.9 Å². The summed E-state index contributed by atoms with van der Waals surface area (Å²) >= 11 is 0. The van der Waals surface area contributed by atoms with Gasteiger partial charge < -0.3 is 9.47 Å². The zero-order valence-electron chi connectivity index (χ0n) is 12.0. The number of hydrogen-bond acceptors (Lipinski definition) is 5. The SMILES string of the molecule is O=C1OC(=O)N(C(=O)OCc2ccccc2)C1c1ccccc1. The number of carbonyl (C=O) groups is 3. The molecule has 1 atom stereocenters. The maximum atomic E-state index is 12.2. The van der Waals surface area contributed by atoms with E-state index in [9.17, 15) is 14.4 Å². The van der Waals surface area contributed by atoms with Gasteiger partial charge >= 0.3 is 18.2 Å². The monoisotopic (exact) mass is 311 g/mol. The minimum Gasteiger partial charge on any atom is -0.444 e. The summed E-state index contributed by atoms with van der Waals surface area (Å²) in [6.07, 6.45) is -1.94. The summed E-state index contributed by atoms with van der Waals surface area (Å²) < 4.78 is 9.68. The van der Waals surface area contributed by atoms with Gasteiger partial charge in [0.1, 0.15) is 6.61 Å². The van der Waals surface area contributed by atoms with Crippen molar-refractivity contribution in [3.63, 3.8) is 0 Å². The van der Waals surface area contributed by atoms with Gasteiger partial charge in [-0.05, 0) is 11.1 Å². The molecule has 2 aromatic carbocycles. The van der Waals surface area contributed by atoms with Crippen molar-refractivity contribution in [2.24, 2.45) is 0 Å². The van der Waals surface area contributed by atoms with Crippen molar-refractivity contribution in [2.45, 2.75) is 12.6 Å². The first kappa shape index (κ1) is 14.8. The van der Waals surface area contributed by atoms with Crippen LogP contribution in [0.3, 0.4) is 0 Å². The summed E-state index contributed by atoms with van der Waals surface area (Å²) in [6, 6.07) is 16.4. The predicted molar refractivity (Wildman–Crippen MR) is 79.1 cm³/mol. The molecule has 1 aliphatic rings. The summed E-state index contributed by atoms with van der Waals surface area (Å²) in [4.78, 5) is 36.6. The number of benzene rings is 2. The van der Waals surface area contributed by atoms with Crippen LogP contribution in [0, 0.1) is 0 Å². The number of rotatable bonds is 3. The lowest BCUT2D eigenvalue weighted by Crippen LogP contribution is -2.35. The summed E-state index contributed by atoms with van der Waals surface area (Å²) in [5.74, 6) is -0.794. The van der Waals surface area contributed by atoms with Gasteiger partial charge in [-0.3, -0.25) is 0 Å². The number of carbonyl (C=O) groups excluding carboxylic acids is 3. The van der Waals surface area contributed by atoms with Crippen LogP contribution in [0.2, 0.25) is 0 Å². The van der Waals surface area contributed by atoms with Crippen LogP contribution in [0.5, 0.6) is 0 Å². The molecule has 0 aliphatic carbocycles. The Labute approximate surface area is 132 Å². The lowest BCUT2D eigenvalue weighted by Gasteiger charge is -2.18. The first-order valence-corrected chi connectivity index (χ1v) is 6.97. The van der Waals surface area contributed by atoms with Crippen LogP contribution < -0.4 is 0 Å². The number of esters is 1. The van der Waals surface area contributed by atoms with Crippen LogP contribution in [0.1, 0.15) is 17.2 Å². The molecule has 0 aromatic heterocycles. The molecule has 116 valence electrons. The van der Waals surface area contributed by atoms with Gasteiger partial charge in [-0.15, -0.1) is 0 Å². The number of ether oxygens (including phenoxy) is 2. The zero-order valence-corrected chi connectivity index (χ0v) is 12.0. The summed E-state index contributed by atoms with van der Waals surface area (Å²) in [5.41, 5.74) is 1.26. The third kappa shape index (κ3) is 3.06. The van der Waals surface area contributed by atoms with Gasteiger partial charge in [0.05, 0.1) is 0 Å². The molecule has 1 aliphatic heterocycles.